The Morgan fingerprint density at radius 1 is 0.939 bits per heavy atom. The average molecular weight is 445 g/mol. The molecule has 170 valence electrons. The highest BCUT2D eigenvalue weighted by Crippen LogP contribution is 2.28. The third kappa shape index (κ3) is 5.12. The summed E-state index contributed by atoms with van der Waals surface area (Å²) in [7, 11) is 3.29. The van der Waals surface area contributed by atoms with Crippen LogP contribution in [0.4, 0.5) is 5.69 Å². The Hall–Kier alpha value is -3.93. The van der Waals surface area contributed by atoms with Crippen LogP contribution in [0.3, 0.4) is 0 Å². The summed E-state index contributed by atoms with van der Waals surface area (Å²) >= 11 is 0. The predicted molar refractivity (Wildman–Crippen MR) is 131 cm³/mol. The topological polar surface area (TPSA) is 61.7 Å². The number of fused-ring (bicyclic) bond motifs is 1. The summed E-state index contributed by atoms with van der Waals surface area (Å²) in [6.07, 6.45) is 2.31. The molecule has 0 unspecified atom stereocenters. The Balaban J connectivity index is 1.60. The maximum absolute atomic E-state index is 12.9. The number of anilines is 1. The molecule has 1 N–H and O–H groups in total. The van der Waals surface area contributed by atoms with E-state index >= 15 is 0 Å². The van der Waals surface area contributed by atoms with Gasteiger partial charge < -0.3 is 24.1 Å². The first-order valence-corrected chi connectivity index (χ1v) is 10.9. The monoisotopic (exact) mass is 444 g/mol. The Labute approximate surface area is 193 Å². The molecule has 0 saturated heterocycles. The van der Waals surface area contributed by atoms with E-state index in [9.17, 15) is 4.79 Å². The van der Waals surface area contributed by atoms with Crippen LogP contribution in [-0.4, -0.2) is 31.3 Å². The van der Waals surface area contributed by atoms with E-state index in [1.165, 1.54) is 0 Å². The van der Waals surface area contributed by atoms with E-state index in [0.29, 0.717) is 24.6 Å². The number of ether oxygens (including phenoxy) is 3. The third-order valence-electron chi connectivity index (χ3n) is 5.45. The molecule has 0 aliphatic heterocycles. The van der Waals surface area contributed by atoms with Gasteiger partial charge in [0.1, 0.15) is 17.2 Å². The standard InChI is InChI=1S/C27H28N2O4/c1-4-33-26-12-8-6-10-24(26)28-27(30)15-20-18-29(25-11-7-5-9-23(20)25)17-19-13-21(31-2)16-22(14-19)32-3/h5-14,16,18H,4,15,17H2,1-3H3,(H,28,30). The predicted octanol–water partition coefficient (Wildman–Crippen LogP) is 5.29. The Bertz CT molecular complexity index is 1240. The summed E-state index contributed by atoms with van der Waals surface area (Å²) in [6.45, 7) is 3.09. The summed E-state index contributed by atoms with van der Waals surface area (Å²) in [5.41, 5.74) is 3.76. The molecule has 33 heavy (non-hydrogen) atoms. The molecule has 1 heterocycles. The number of amides is 1. The van der Waals surface area contributed by atoms with E-state index < -0.39 is 0 Å². The van der Waals surface area contributed by atoms with Gasteiger partial charge in [0.25, 0.3) is 0 Å². The molecule has 4 rings (SSSR count). The summed E-state index contributed by atoms with van der Waals surface area (Å²) < 4.78 is 18.6. The lowest BCUT2D eigenvalue weighted by atomic mass is 10.1. The minimum Gasteiger partial charge on any atom is -0.497 e. The quantitative estimate of drug-likeness (QED) is 0.381. The second-order valence-electron chi connectivity index (χ2n) is 7.67. The van der Waals surface area contributed by atoms with E-state index in [-0.39, 0.29) is 12.3 Å². The van der Waals surface area contributed by atoms with Crippen molar-refractivity contribution < 1.29 is 19.0 Å². The summed E-state index contributed by atoms with van der Waals surface area (Å²) in [6, 6.07) is 21.4. The van der Waals surface area contributed by atoms with E-state index in [1.54, 1.807) is 14.2 Å². The van der Waals surface area contributed by atoms with Crippen molar-refractivity contribution in [3.63, 3.8) is 0 Å². The van der Waals surface area contributed by atoms with Crippen LogP contribution >= 0.6 is 0 Å². The highest BCUT2D eigenvalue weighted by molar-refractivity contribution is 5.96. The highest BCUT2D eigenvalue weighted by Gasteiger charge is 2.14. The van der Waals surface area contributed by atoms with Gasteiger partial charge in [0.15, 0.2) is 0 Å². The molecule has 6 nitrogen and oxygen atoms in total. The van der Waals surface area contributed by atoms with Crippen molar-refractivity contribution in [2.75, 3.05) is 26.1 Å². The number of carbonyl (C=O) groups excluding carboxylic acids is 1. The van der Waals surface area contributed by atoms with Crippen LogP contribution in [0, 0.1) is 0 Å². The van der Waals surface area contributed by atoms with Crippen molar-refractivity contribution >= 4 is 22.5 Å². The summed E-state index contributed by atoms with van der Waals surface area (Å²) in [5, 5.41) is 4.05. The van der Waals surface area contributed by atoms with Crippen molar-refractivity contribution in [3.05, 3.63) is 84.1 Å². The van der Waals surface area contributed by atoms with E-state index in [2.05, 4.69) is 22.0 Å². The summed E-state index contributed by atoms with van der Waals surface area (Å²) in [4.78, 5) is 12.9. The van der Waals surface area contributed by atoms with Crippen LogP contribution in [0.5, 0.6) is 17.2 Å². The molecule has 4 aromatic rings. The molecule has 0 fully saturated rings. The molecule has 1 aromatic heterocycles. The van der Waals surface area contributed by atoms with Crippen LogP contribution in [0.1, 0.15) is 18.1 Å². The average Bonchev–Trinajstić information content (AvgIpc) is 3.17. The molecule has 1 amide bonds. The zero-order chi connectivity index (χ0) is 23.2. The number of carbonyl (C=O) groups is 1. The van der Waals surface area contributed by atoms with Crippen molar-refractivity contribution in [2.24, 2.45) is 0 Å². The molecule has 0 bridgehead atoms. The van der Waals surface area contributed by atoms with Crippen LogP contribution in [-0.2, 0) is 17.8 Å². The lowest BCUT2D eigenvalue weighted by molar-refractivity contribution is -0.115. The molecule has 0 atom stereocenters. The number of hydrogen-bond donors (Lipinski definition) is 1. The SMILES string of the molecule is CCOc1ccccc1NC(=O)Cc1cn(Cc2cc(OC)cc(OC)c2)c2ccccc12. The number of hydrogen-bond acceptors (Lipinski definition) is 4. The first-order chi connectivity index (χ1) is 16.1. The zero-order valence-electron chi connectivity index (χ0n) is 19.1. The van der Waals surface area contributed by atoms with E-state index in [0.717, 1.165) is 33.5 Å². The van der Waals surface area contributed by atoms with Crippen LogP contribution in [0.25, 0.3) is 10.9 Å². The van der Waals surface area contributed by atoms with Crippen molar-refractivity contribution in [3.8, 4) is 17.2 Å². The van der Waals surface area contributed by atoms with Crippen LogP contribution < -0.4 is 19.5 Å². The van der Waals surface area contributed by atoms with Crippen LogP contribution in [0.15, 0.2) is 72.9 Å². The van der Waals surface area contributed by atoms with E-state index in [1.807, 2.05) is 67.7 Å². The maximum atomic E-state index is 12.9. The normalized spacial score (nSPS) is 10.8. The fourth-order valence-electron chi connectivity index (χ4n) is 3.97. The van der Waals surface area contributed by atoms with Gasteiger partial charge in [0.2, 0.25) is 5.91 Å². The minimum absolute atomic E-state index is 0.0897. The fourth-order valence-corrected chi connectivity index (χ4v) is 3.97. The first-order valence-electron chi connectivity index (χ1n) is 10.9. The molecule has 0 aliphatic carbocycles. The number of benzene rings is 3. The van der Waals surface area contributed by atoms with Gasteiger partial charge in [-0.2, -0.15) is 0 Å². The largest absolute Gasteiger partial charge is 0.497 e. The number of aromatic nitrogens is 1. The van der Waals surface area contributed by atoms with Gasteiger partial charge in [-0.3, -0.25) is 4.79 Å². The molecule has 0 spiro atoms. The Morgan fingerprint density at radius 2 is 1.64 bits per heavy atom. The lowest BCUT2D eigenvalue weighted by Crippen LogP contribution is -2.15. The van der Waals surface area contributed by atoms with Gasteiger partial charge >= 0.3 is 0 Å². The minimum atomic E-state index is -0.0897. The molecule has 6 heteroatoms. The second-order valence-corrected chi connectivity index (χ2v) is 7.67. The van der Waals surface area contributed by atoms with Crippen molar-refractivity contribution in [2.45, 2.75) is 19.9 Å². The number of para-hydroxylation sites is 3. The Morgan fingerprint density at radius 3 is 2.36 bits per heavy atom. The van der Waals surface area contributed by atoms with Gasteiger partial charge in [0.05, 0.1) is 32.9 Å². The van der Waals surface area contributed by atoms with Gasteiger partial charge in [-0.05, 0) is 48.4 Å². The number of nitrogens with one attached hydrogen (secondary N) is 1. The van der Waals surface area contributed by atoms with Gasteiger partial charge in [-0.15, -0.1) is 0 Å². The molecule has 3 aromatic carbocycles. The van der Waals surface area contributed by atoms with Gasteiger partial charge in [0, 0.05) is 29.7 Å². The van der Waals surface area contributed by atoms with Crippen LogP contribution in [0.2, 0.25) is 0 Å². The van der Waals surface area contributed by atoms with Gasteiger partial charge in [-0.25, -0.2) is 0 Å². The number of rotatable bonds is 9. The van der Waals surface area contributed by atoms with Crippen molar-refractivity contribution in [1.29, 1.82) is 0 Å². The molecular formula is C27H28N2O4. The first kappa shape index (κ1) is 22.3. The smallest absolute Gasteiger partial charge is 0.228 e. The number of methoxy groups -OCH3 is 2. The molecule has 0 radical (unpaired) electrons. The highest BCUT2D eigenvalue weighted by atomic mass is 16.5. The third-order valence-corrected chi connectivity index (χ3v) is 5.45. The van der Waals surface area contributed by atoms with Crippen molar-refractivity contribution in [1.82, 2.24) is 4.57 Å². The zero-order valence-corrected chi connectivity index (χ0v) is 19.1. The molecular weight excluding hydrogens is 416 g/mol. The molecule has 0 aliphatic rings. The fraction of sp³-hybridized carbons (Fsp3) is 0.222. The molecule has 0 saturated carbocycles. The van der Waals surface area contributed by atoms with E-state index in [4.69, 9.17) is 14.2 Å². The maximum Gasteiger partial charge on any atom is 0.228 e. The van der Waals surface area contributed by atoms with Gasteiger partial charge in [-0.1, -0.05) is 30.3 Å². The Kier molecular flexibility index (Phi) is 6.83. The lowest BCUT2D eigenvalue weighted by Gasteiger charge is -2.11. The summed E-state index contributed by atoms with van der Waals surface area (Å²) in [5.74, 6) is 2.07. The number of nitrogens with zero attached hydrogens (tertiary/aromatic N) is 1. The second kappa shape index (κ2) is 10.1.